The van der Waals surface area contributed by atoms with Crippen LogP contribution in [0.4, 0.5) is 5.69 Å². The maximum atomic E-state index is 11.9. The summed E-state index contributed by atoms with van der Waals surface area (Å²) in [6.07, 6.45) is -0.801. The second kappa shape index (κ2) is 5.27. The van der Waals surface area contributed by atoms with Crippen molar-refractivity contribution in [3.8, 4) is 5.75 Å². The minimum absolute atomic E-state index is 0.124. The lowest BCUT2D eigenvalue weighted by atomic mass is 10.1. The van der Waals surface area contributed by atoms with Gasteiger partial charge in [0.15, 0.2) is 0 Å². The van der Waals surface area contributed by atoms with Crippen molar-refractivity contribution in [2.45, 2.75) is 19.6 Å². The molecule has 0 aromatic heterocycles. The molecule has 0 spiro atoms. The van der Waals surface area contributed by atoms with Crippen LogP contribution in [0.2, 0.25) is 0 Å². The summed E-state index contributed by atoms with van der Waals surface area (Å²) in [4.78, 5) is 25.1. The number of carbonyl (C=O) groups is 2. The molecule has 1 heterocycles. The van der Waals surface area contributed by atoms with Crippen LogP contribution in [-0.4, -0.2) is 34.8 Å². The summed E-state index contributed by atoms with van der Waals surface area (Å²) < 4.78 is 0. The van der Waals surface area contributed by atoms with Crippen molar-refractivity contribution in [1.82, 2.24) is 5.32 Å². The van der Waals surface area contributed by atoms with E-state index in [4.69, 9.17) is 5.11 Å². The van der Waals surface area contributed by atoms with Crippen molar-refractivity contribution in [3.63, 3.8) is 0 Å². The summed E-state index contributed by atoms with van der Waals surface area (Å²) in [6, 6.07) is 6.24. The smallest absolute Gasteiger partial charge is 0.227 e. The van der Waals surface area contributed by atoms with Crippen LogP contribution < -0.4 is 10.2 Å². The number of amides is 2. The third kappa shape index (κ3) is 3.03. The van der Waals surface area contributed by atoms with Crippen LogP contribution in [0.1, 0.15) is 13.3 Å². The Hall–Kier alpha value is -2.08. The Kier molecular flexibility index (Phi) is 3.71. The quantitative estimate of drug-likeness (QED) is 0.680. The summed E-state index contributed by atoms with van der Waals surface area (Å²) >= 11 is 0. The van der Waals surface area contributed by atoms with E-state index in [2.05, 4.69) is 5.32 Å². The van der Waals surface area contributed by atoms with E-state index in [1.54, 1.807) is 12.1 Å². The van der Waals surface area contributed by atoms with E-state index < -0.39 is 12.1 Å². The molecule has 3 N–H and O–H groups in total. The molecule has 0 saturated carbocycles. The SMILES string of the molecule is C[C@H](O)NC(=O)[C@@H]1CC(=O)N(c2ccc(O)cc2)C1. The molecule has 0 bridgehead atoms. The highest BCUT2D eigenvalue weighted by Crippen LogP contribution is 2.26. The second-order valence-corrected chi connectivity index (χ2v) is 4.61. The van der Waals surface area contributed by atoms with Crippen molar-refractivity contribution < 1.29 is 19.8 Å². The molecule has 0 unspecified atom stereocenters. The predicted octanol–water partition coefficient (Wildman–Crippen LogP) is 0.200. The molecule has 2 rings (SSSR count). The van der Waals surface area contributed by atoms with E-state index in [0.717, 1.165) is 0 Å². The zero-order valence-electron chi connectivity index (χ0n) is 10.5. The van der Waals surface area contributed by atoms with Crippen molar-refractivity contribution in [1.29, 1.82) is 0 Å². The van der Waals surface area contributed by atoms with E-state index in [1.165, 1.54) is 24.0 Å². The van der Waals surface area contributed by atoms with E-state index >= 15 is 0 Å². The highest BCUT2D eigenvalue weighted by atomic mass is 16.3. The Morgan fingerprint density at radius 3 is 2.63 bits per heavy atom. The number of nitrogens with zero attached hydrogens (tertiary/aromatic N) is 1. The summed E-state index contributed by atoms with van der Waals surface area (Å²) in [5.41, 5.74) is 0.648. The minimum atomic E-state index is -0.926. The van der Waals surface area contributed by atoms with Gasteiger partial charge in [-0.3, -0.25) is 9.59 Å². The lowest BCUT2D eigenvalue weighted by Gasteiger charge is -2.17. The Morgan fingerprint density at radius 2 is 2.05 bits per heavy atom. The summed E-state index contributed by atoms with van der Waals surface area (Å²) in [5, 5.41) is 20.7. The molecule has 19 heavy (non-hydrogen) atoms. The average molecular weight is 264 g/mol. The fourth-order valence-corrected chi connectivity index (χ4v) is 2.09. The number of rotatable bonds is 3. The standard InChI is InChI=1S/C13H16N2O4/c1-8(16)14-13(19)9-6-12(18)15(7-9)10-2-4-11(17)5-3-10/h2-5,8-9,16-17H,6-7H2,1H3,(H,14,19)/t8-,9+/m0/s1. The van der Waals surface area contributed by atoms with Crippen LogP contribution in [0.5, 0.6) is 5.75 Å². The third-order valence-electron chi connectivity index (χ3n) is 3.01. The van der Waals surface area contributed by atoms with Gasteiger partial charge >= 0.3 is 0 Å². The number of anilines is 1. The number of nitrogens with one attached hydrogen (secondary N) is 1. The first-order valence-corrected chi connectivity index (χ1v) is 6.05. The Bertz CT molecular complexity index is 484. The van der Waals surface area contributed by atoms with Gasteiger partial charge in [-0.05, 0) is 31.2 Å². The monoisotopic (exact) mass is 264 g/mol. The third-order valence-corrected chi connectivity index (χ3v) is 3.01. The van der Waals surface area contributed by atoms with Crippen LogP contribution in [-0.2, 0) is 9.59 Å². The highest BCUT2D eigenvalue weighted by Gasteiger charge is 2.35. The maximum absolute atomic E-state index is 11.9. The molecule has 1 aliphatic rings. The molecule has 0 radical (unpaired) electrons. The van der Waals surface area contributed by atoms with Gasteiger partial charge in [-0.2, -0.15) is 0 Å². The van der Waals surface area contributed by atoms with Gasteiger partial charge in [-0.15, -0.1) is 0 Å². The van der Waals surface area contributed by atoms with Crippen LogP contribution in [0.15, 0.2) is 24.3 Å². The highest BCUT2D eigenvalue weighted by molar-refractivity contribution is 6.00. The molecular weight excluding hydrogens is 248 g/mol. The van der Waals surface area contributed by atoms with Gasteiger partial charge in [0.1, 0.15) is 12.0 Å². The molecule has 1 aliphatic heterocycles. The number of aliphatic hydroxyl groups is 1. The number of aromatic hydroxyl groups is 1. The Balaban J connectivity index is 2.07. The van der Waals surface area contributed by atoms with Crippen LogP contribution in [0, 0.1) is 5.92 Å². The molecule has 6 heteroatoms. The van der Waals surface area contributed by atoms with Crippen molar-refractivity contribution in [2.75, 3.05) is 11.4 Å². The van der Waals surface area contributed by atoms with Gasteiger partial charge < -0.3 is 20.4 Å². The number of hydrogen-bond donors (Lipinski definition) is 3. The lowest BCUT2D eigenvalue weighted by molar-refractivity contribution is -0.128. The van der Waals surface area contributed by atoms with E-state index in [1.807, 2.05) is 0 Å². The van der Waals surface area contributed by atoms with Gasteiger partial charge in [0.05, 0.1) is 5.92 Å². The first kappa shape index (κ1) is 13.4. The van der Waals surface area contributed by atoms with Gasteiger partial charge in [-0.25, -0.2) is 0 Å². The molecule has 1 fully saturated rings. The van der Waals surface area contributed by atoms with Crippen LogP contribution in [0.3, 0.4) is 0 Å². The molecule has 1 saturated heterocycles. The zero-order valence-corrected chi connectivity index (χ0v) is 10.5. The largest absolute Gasteiger partial charge is 0.508 e. The Morgan fingerprint density at radius 1 is 1.42 bits per heavy atom. The molecule has 1 aromatic rings. The van der Waals surface area contributed by atoms with Crippen LogP contribution >= 0.6 is 0 Å². The van der Waals surface area contributed by atoms with Gasteiger partial charge in [0, 0.05) is 18.7 Å². The van der Waals surface area contributed by atoms with Crippen molar-refractivity contribution in [2.24, 2.45) is 5.92 Å². The molecule has 102 valence electrons. The molecule has 2 amide bonds. The average Bonchev–Trinajstić information content (AvgIpc) is 2.72. The second-order valence-electron chi connectivity index (χ2n) is 4.61. The van der Waals surface area contributed by atoms with Gasteiger partial charge in [0.25, 0.3) is 0 Å². The first-order chi connectivity index (χ1) is 8.97. The summed E-state index contributed by atoms with van der Waals surface area (Å²) in [6.45, 7) is 1.73. The van der Waals surface area contributed by atoms with Gasteiger partial charge in [-0.1, -0.05) is 0 Å². The van der Waals surface area contributed by atoms with E-state index in [0.29, 0.717) is 5.69 Å². The summed E-state index contributed by atoms with van der Waals surface area (Å²) in [7, 11) is 0. The van der Waals surface area contributed by atoms with Gasteiger partial charge in [0.2, 0.25) is 11.8 Å². The maximum Gasteiger partial charge on any atom is 0.227 e. The molecule has 0 aliphatic carbocycles. The number of carbonyl (C=O) groups excluding carboxylic acids is 2. The fraction of sp³-hybridized carbons (Fsp3) is 0.385. The topological polar surface area (TPSA) is 89.9 Å². The fourth-order valence-electron chi connectivity index (χ4n) is 2.09. The number of benzene rings is 1. The van der Waals surface area contributed by atoms with Crippen LogP contribution in [0.25, 0.3) is 0 Å². The normalized spacial score (nSPS) is 20.4. The first-order valence-electron chi connectivity index (χ1n) is 6.05. The molecule has 2 atom stereocenters. The molecule has 6 nitrogen and oxygen atoms in total. The number of phenols is 1. The zero-order chi connectivity index (χ0) is 14.0. The van der Waals surface area contributed by atoms with E-state index in [9.17, 15) is 14.7 Å². The number of aliphatic hydroxyl groups excluding tert-OH is 1. The van der Waals surface area contributed by atoms with Crippen molar-refractivity contribution >= 4 is 17.5 Å². The Labute approximate surface area is 110 Å². The summed E-state index contributed by atoms with van der Waals surface area (Å²) in [5.74, 6) is -0.809. The molecule has 1 aromatic carbocycles. The number of hydrogen-bond acceptors (Lipinski definition) is 4. The predicted molar refractivity (Wildman–Crippen MR) is 68.4 cm³/mol. The number of phenolic OH excluding ortho intramolecular Hbond substituents is 1. The minimum Gasteiger partial charge on any atom is -0.508 e. The molecular formula is C13H16N2O4. The van der Waals surface area contributed by atoms with E-state index in [-0.39, 0.29) is 30.5 Å². The van der Waals surface area contributed by atoms with Crippen molar-refractivity contribution in [3.05, 3.63) is 24.3 Å². The lowest BCUT2D eigenvalue weighted by Crippen LogP contribution is -2.38.